The third-order valence-electron chi connectivity index (χ3n) is 3.22. The van der Waals surface area contributed by atoms with Crippen molar-refractivity contribution in [2.45, 2.75) is 72.0 Å². The lowest BCUT2D eigenvalue weighted by atomic mass is 9.97. The molecule has 102 valence electrons. The molecule has 0 bridgehead atoms. The standard InChI is InChI=1S/C12H26Cl2N2Si/c1-10(2,3)15-9-12(7,8)16(11(4,5)6)17(15,13)14/h9H2,1-8H3. The van der Waals surface area contributed by atoms with Crippen LogP contribution in [0.3, 0.4) is 0 Å². The first-order chi connectivity index (χ1) is 7.21. The van der Waals surface area contributed by atoms with Crippen LogP contribution < -0.4 is 0 Å². The average molecular weight is 297 g/mol. The third kappa shape index (κ3) is 2.84. The zero-order chi connectivity index (χ0) is 13.9. The Balaban J connectivity index is 3.24. The van der Waals surface area contributed by atoms with Crippen LogP contribution in [0.4, 0.5) is 0 Å². The molecule has 0 aromatic heterocycles. The second-order valence-corrected chi connectivity index (χ2v) is 13.3. The van der Waals surface area contributed by atoms with Gasteiger partial charge in [0.2, 0.25) is 0 Å². The number of hydrogen-bond donors (Lipinski definition) is 0. The quantitative estimate of drug-likeness (QED) is 0.494. The van der Waals surface area contributed by atoms with Gasteiger partial charge in [-0.05, 0) is 55.4 Å². The number of halogens is 2. The summed E-state index contributed by atoms with van der Waals surface area (Å²) in [6.45, 7) is 18.5. The van der Waals surface area contributed by atoms with Crippen LogP contribution in [-0.4, -0.2) is 39.3 Å². The molecule has 2 nitrogen and oxygen atoms in total. The van der Waals surface area contributed by atoms with Crippen LogP contribution in [0.1, 0.15) is 55.4 Å². The molecule has 0 radical (unpaired) electrons. The van der Waals surface area contributed by atoms with E-state index in [2.05, 4.69) is 64.5 Å². The van der Waals surface area contributed by atoms with Crippen molar-refractivity contribution in [3.63, 3.8) is 0 Å². The average Bonchev–Trinajstić information content (AvgIpc) is 2.12. The number of rotatable bonds is 0. The summed E-state index contributed by atoms with van der Waals surface area (Å²) in [5.74, 6) is 0. The molecule has 0 aliphatic carbocycles. The Bertz CT molecular complexity index is 303. The van der Waals surface area contributed by atoms with Gasteiger partial charge in [-0.3, -0.25) is 9.13 Å². The molecule has 1 saturated heterocycles. The van der Waals surface area contributed by atoms with Crippen LogP contribution in [0.15, 0.2) is 0 Å². The van der Waals surface area contributed by atoms with Crippen molar-refractivity contribution in [3.05, 3.63) is 0 Å². The van der Waals surface area contributed by atoms with E-state index in [1.54, 1.807) is 0 Å². The van der Waals surface area contributed by atoms with Gasteiger partial charge in [0.25, 0.3) is 0 Å². The highest BCUT2D eigenvalue weighted by molar-refractivity contribution is 7.43. The summed E-state index contributed by atoms with van der Waals surface area (Å²) in [5.41, 5.74) is 0.00741. The van der Waals surface area contributed by atoms with E-state index in [9.17, 15) is 0 Å². The number of nitrogens with zero attached hydrogens (tertiary/aromatic N) is 2. The van der Waals surface area contributed by atoms with Crippen LogP contribution in [0.25, 0.3) is 0 Å². The van der Waals surface area contributed by atoms with Gasteiger partial charge in [-0.15, -0.1) is 22.2 Å². The Morgan fingerprint density at radius 3 is 1.53 bits per heavy atom. The first-order valence-corrected chi connectivity index (χ1v) is 10.1. The highest BCUT2D eigenvalue weighted by Gasteiger charge is 2.62. The minimum Gasteiger partial charge on any atom is -0.281 e. The van der Waals surface area contributed by atoms with E-state index in [1.807, 2.05) is 0 Å². The zero-order valence-electron chi connectivity index (χ0n) is 12.4. The Morgan fingerprint density at radius 2 is 1.35 bits per heavy atom. The fourth-order valence-corrected chi connectivity index (χ4v) is 11.0. The molecule has 0 N–H and O–H groups in total. The van der Waals surface area contributed by atoms with Crippen LogP contribution in [0, 0.1) is 0 Å². The van der Waals surface area contributed by atoms with Crippen molar-refractivity contribution in [1.82, 2.24) is 9.13 Å². The van der Waals surface area contributed by atoms with Gasteiger partial charge >= 0.3 is 7.02 Å². The normalized spacial score (nSPS) is 26.5. The molecule has 0 unspecified atom stereocenters. The highest BCUT2D eigenvalue weighted by Crippen LogP contribution is 2.46. The molecule has 5 heteroatoms. The smallest absolute Gasteiger partial charge is 0.281 e. The lowest BCUT2D eigenvalue weighted by Gasteiger charge is -2.46. The largest absolute Gasteiger partial charge is 0.410 e. The van der Waals surface area contributed by atoms with E-state index >= 15 is 0 Å². The molecule has 17 heavy (non-hydrogen) atoms. The first-order valence-electron chi connectivity index (χ1n) is 6.17. The fourth-order valence-electron chi connectivity index (χ4n) is 2.99. The predicted octanol–water partition coefficient (Wildman–Crippen LogP) is 3.89. The Labute approximate surface area is 117 Å². The van der Waals surface area contributed by atoms with Crippen LogP contribution >= 0.6 is 22.2 Å². The fraction of sp³-hybridized carbons (Fsp3) is 1.00. The highest BCUT2D eigenvalue weighted by atomic mass is 35.7. The third-order valence-corrected chi connectivity index (χ3v) is 8.76. The van der Waals surface area contributed by atoms with Crippen molar-refractivity contribution in [1.29, 1.82) is 0 Å². The van der Waals surface area contributed by atoms with E-state index in [0.29, 0.717) is 0 Å². The van der Waals surface area contributed by atoms with Crippen molar-refractivity contribution in [2.75, 3.05) is 6.54 Å². The zero-order valence-corrected chi connectivity index (χ0v) is 14.9. The maximum atomic E-state index is 6.81. The van der Waals surface area contributed by atoms with Gasteiger partial charge in [0.1, 0.15) is 0 Å². The molecule has 0 aromatic rings. The van der Waals surface area contributed by atoms with Crippen molar-refractivity contribution in [2.24, 2.45) is 0 Å². The number of hydrogen-bond acceptors (Lipinski definition) is 2. The Morgan fingerprint density at radius 1 is 0.941 bits per heavy atom. The first kappa shape index (κ1) is 15.8. The predicted molar refractivity (Wildman–Crippen MR) is 79.6 cm³/mol. The Hall–Kier alpha value is 0.717. The van der Waals surface area contributed by atoms with Gasteiger partial charge in [0.05, 0.1) is 0 Å². The summed E-state index contributed by atoms with van der Waals surface area (Å²) >= 11 is 13.6. The second-order valence-electron chi connectivity index (χ2n) is 7.59. The lowest BCUT2D eigenvalue weighted by molar-refractivity contribution is 0.137. The van der Waals surface area contributed by atoms with Crippen molar-refractivity contribution < 1.29 is 0 Å². The van der Waals surface area contributed by atoms with Gasteiger partial charge < -0.3 is 0 Å². The van der Waals surface area contributed by atoms with E-state index < -0.39 is 7.02 Å². The molecule has 0 amide bonds. The van der Waals surface area contributed by atoms with Crippen LogP contribution in [0.5, 0.6) is 0 Å². The van der Waals surface area contributed by atoms with Gasteiger partial charge in [-0.1, -0.05) is 0 Å². The summed E-state index contributed by atoms with van der Waals surface area (Å²) in [6, 6.07) is 0. The van der Waals surface area contributed by atoms with E-state index in [4.69, 9.17) is 22.2 Å². The molecule has 1 rings (SSSR count). The molecule has 0 aromatic carbocycles. The summed E-state index contributed by atoms with van der Waals surface area (Å²) in [5, 5.41) is 0. The maximum absolute atomic E-state index is 6.81. The summed E-state index contributed by atoms with van der Waals surface area (Å²) < 4.78 is 4.63. The molecule has 1 heterocycles. The molecular formula is C12H26Cl2N2Si. The van der Waals surface area contributed by atoms with E-state index in [-0.39, 0.29) is 16.6 Å². The van der Waals surface area contributed by atoms with Crippen LogP contribution in [-0.2, 0) is 0 Å². The SMILES string of the molecule is CC(C)(C)N1CC(C)(C)N(C(C)(C)C)[Si]1(Cl)Cl. The topological polar surface area (TPSA) is 6.48 Å². The second kappa shape index (κ2) is 4.10. The monoisotopic (exact) mass is 296 g/mol. The van der Waals surface area contributed by atoms with Crippen LogP contribution in [0.2, 0.25) is 0 Å². The molecular weight excluding hydrogens is 271 g/mol. The van der Waals surface area contributed by atoms with Gasteiger partial charge in [0, 0.05) is 23.2 Å². The molecule has 1 aliphatic rings. The lowest BCUT2D eigenvalue weighted by Crippen LogP contribution is -2.63. The van der Waals surface area contributed by atoms with Crippen molar-refractivity contribution in [3.8, 4) is 0 Å². The molecule has 1 aliphatic heterocycles. The van der Waals surface area contributed by atoms with Gasteiger partial charge in [0.15, 0.2) is 0 Å². The van der Waals surface area contributed by atoms with E-state index in [0.717, 1.165) is 6.54 Å². The summed E-state index contributed by atoms with van der Waals surface area (Å²) in [7, 11) is -2.59. The van der Waals surface area contributed by atoms with Gasteiger partial charge in [-0.2, -0.15) is 0 Å². The van der Waals surface area contributed by atoms with Gasteiger partial charge in [-0.25, -0.2) is 0 Å². The molecule has 0 atom stereocenters. The molecule has 0 saturated carbocycles. The minimum absolute atomic E-state index is 0.00694. The maximum Gasteiger partial charge on any atom is 0.410 e. The summed E-state index contributed by atoms with van der Waals surface area (Å²) in [6.07, 6.45) is 0. The summed E-state index contributed by atoms with van der Waals surface area (Å²) in [4.78, 5) is 0. The molecule has 0 spiro atoms. The molecule has 1 fully saturated rings. The van der Waals surface area contributed by atoms with E-state index in [1.165, 1.54) is 0 Å². The Kier molecular flexibility index (Phi) is 3.81. The van der Waals surface area contributed by atoms with Crippen molar-refractivity contribution >= 4 is 29.2 Å². The minimum atomic E-state index is -2.59.